The first-order valence-corrected chi connectivity index (χ1v) is 5.10. The summed E-state index contributed by atoms with van der Waals surface area (Å²) in [5.74, 6) is -0.303. The number of halogens is 3. The number of nitrogens with one attached hydrogen (secondary N) is 1. The van der Waals surface area contributed by atoms with Gasteiger partial charge in [0.2, 0.25) is 5.91 Å². The third kappa shape index (κ3) is 4.05. The molecule has 6 heteroatoms. The number of aromatic nitrogens is 1. The molecule has 0 aliphatic heterocycles. The third-order valence-electron chi connectivity index (χ3n) is 2.11. The molecule has 0 spiro atoms. The van der Waals surface area contributed by atoms with Crippen molar-refractivity contribution in [2.75, 3.05) is 0 Å². The van der Waals surface area contributed by atoms with Crippen molar-refractivity contribution in [1.29, 1.82) is 0 Å². The lowest BCUT2D eigenvalue weighted by atomic mass is 10.2. The molecule has 0 bridgehead atoms. The molecule has 0 atom stereocenters. The van der Waals surface area contributed by atoms with Crippen molar-refractivity contribution in [3.63, 3.8) is 0 Å². The highest BCUT2D eigenvalue weighted by atomic mass is 19.4. The van der Waals surface area contributed by atoms with Gasteiger partial charge in [-0.2, -0.15) is 13.2 Å². The van der Waals surface area contributed by atoms with Crippen molar-refractivity contribution in [3.05, 3.63) is 29.6 Å². The largest absolute Gasteiger partial charge is 0.433 e. The SMILES string of the molecule is CC(C)C(=O)NCc1ccc(C(F)(F)F)nc1. The van der Waals surface area contributed by atoms with Crippen LogP contribution in [-0.2, 0) is 17.5 Å². The van der Waals surface area contributed by atoms with Crippen LogP contribution in [0.2, 0.25) is 0 Å². The average Bonchev–Trinajstić information content (AvgIpc) is 2.25. The summed E-state index contributed by atoms with van der Waals surface area (Å²) in [4.78, 5) is 14.5. The van der Waals surface area contributed by atoms with Crippen molar-refractivity contribution in [1.82, 2.24) is 10.3 Å². The lowest BCUT2D eigenvalue weighted by molar-refractivity contribution is -0.141. The molecule has 1 aromatic heterocycles. The fourth-order valence-corrected chi connectivity index (χ4v) is 1.09. The summed E-state index contributed by atoms with van der Waals surface area (Å²) in [5.41, 5.74) is -0.400. The molecule has 3 nitrogen and oxygen atoms in total. The predicted octanol–water partition coefficient (Wildman–Crippen LogP) is 2.37. The van der Waals surface area contributed by atoms with Crippen LogP contribution in [0.5, 0.6) is 0 Å². The van der Waals surface area contributed by atoms with E-state index in [1.807, 2.05) is 0 Å². The number of nitrogens with zero attached hydrogens (tertiary/aromatic N) is 1. The predicted molar refractivity (Wildman–Crippen MR) is 55.9 cm³/mol. The lowest BCUT2D eigenvalue weighted by Gasteiger charge is -2.09. The van der Waals surface area contributed by atoms with Gasteiger partial charge in [0, 0.05) is 18.7 Å². The Balaban J connectivity index is 2.61. The lowest BCUT2D eigenvalue weighted by Crippen LogP contribution is -2.27. The molecule has 1 amide bonds. The van der Waals surface area contributed by atoms with Gasteiger partial charge in [0.1, 0.15) is 5.69 Å². The molecule has 0 aliphatic carbocycles. The Labute approximate surface area is 97.0 Å². The Bertz CT molecular complexity index is 385. The molecular formula is C11H13F3N2O. The molecule has 1 rings (SSSR count). The Kier molecular flexibility index (Phi) is 4.09. The fraction of sp³-hybridized carbons (Fsp3) is 0.455. The van der Waals surface area contributed by atoms with Gasteiger partial charge in [-0.05, 0) is 11.6 Å². The number of carbonyl (C=O) groups excluding carboxylic acids is 1. The van der Waals surface area contributed by atoms with Crippen LogP contribution in [0.1, 0.15) is 25.1 Å². The van der Waals surface area contributed by atoms with E-state index in [0.29, 0.717) is 5.56 Å². The number of hydrogen-bond donors (Lipinski definition) is 1. The molecule has 0 aromatic carbocycles. The van der Waals surface area contributed by atoms with Crippen LogP contribution in [-0.4, -0.2) is 10.9 Å². The van der Waals surface area contributed by atoms with Gasteiger partial charge in [-0.1, -0.05) is 19.9 Å². The van der Waals surface area contributed by atoms with Crippen molar-refractivity contribution >= 4 is 5.91 Å². The maximum atomic E-state index is 12.2. The summed E-state index contributed by atoms with van der Waals surface area (Å²) in [6.45, 7) is 3.66. The summed E-state index contributed by atoms with van der Waals surface area (Å²) in [7, 11) is 0. The summed E-state index contributed by atoms with van der Waals surface area (Å²) < 4.78 is 36.6. The molecular weight excluding hydrogens is 233 g/mol. The summed E-state index contributed by atoms with van der Waals surface area (Å²) >= 11 is 0. The minimum absolute atomic E-state index is 0.148. The molecule has 0 saturated carbocycles. The normalized spacial score (nSPS) is 11.6. The van der Waals surface area contributed by atoms with E-state index in [2.05, 4.69) is 10.3 Å². The highest BCUT2D eigenvalue weighted by molar-refractivity contribution is 5.77. The van der Waals surface area contributed by atoms with Crippen LogP contribution in [0.3, 0.4) is 0 Å². The van der Waals surface area contributed by atoms with Crippen LogP contribution in [0.25, 0.3) is 0 Å². The van der Waals surface area contributed by atoms with Crippen LogP contribution in [0, 0.1) is 5.92 Å². The molecule has 1 N–H and O–H groups in total. The number of alkyl halides is 3. The van der Waals surface area contributed by atoms with Crippen LogP contribution in [0.4, 0.5) is 13.2 Å². The number of pyridine rings is 1. The van der Waals surface area contributed by atoms with Crippen LogP contribution < -0.4 is 5.32 Å². The van der Waals surface area contributed by atoms with Gasteiger partial charge in [0.15, 0.2) is 0 Å². The van der Waals surface area contributed by atoms with Crippen LogP contribution in [0.15, 0.2) is 18.3 Å². The standard InChI is InChI=1S/C11H13F3N2O/c1-7(2)10(17)16-6-8-3-4-9(15-5-8)11(12,13)14/h3-5,7H,6H2,1-2H3,(H,16,17). The second-order valence-corrected chi connectivity index (χ2v) is 3.92. The van der Waals surface area contributed by atoms with Gasteiger partial charge in [0.05, 0.1) is 0 Å². The van der Waals surface area contributed by atoms with E-state index >= 15 is 0 Å². The van der Waals surface area contributed by atoms with E-state index in [1.165, 1.54) is 6.07 Å². The molecule has 0 radical (unpaired) electrons. The quantitative estimate of drug-likeness (QED) is 0.889. The van der Waals surface area contributed by atoms with Gasteiger partial charge in [-0.15, -0.1) is 0 Å². The Morgan fingerprint density at radius 1 is 1.41 bits per heavy atom. The van der Waals surface area contributed by atoms with Gasteiger partial charge >= 0.3 is 6.18 Å². The number of amides is 1. The second kappa shape index (κ2) is 5.16. The fourth-order valence-electron chi connectivity index (χ4n) is 1.09. The van der Waals surface area contributed by atoms with E-state index in [9.17, 15) is 18.0 Å². The number of carbonyl (C=O) groups is 1. The highest BCUT2D eigenvalue weighted by Crippen LogP contribution is 2.27. The molecule has 0 unspecified atom stereocenters. The zero-order chi connectivity index (χ0) is 13.1. The zero-order valence-corrected chi connectivity index (χ0v) is 9.51. The average molecular weight is 246 g/mol. The maximum absolute atomic E-state index is 12.2. The molecule has 0 saturated heterocycles. The second-order valence-electron chi connectivity index (χ2n) is 3.92. The molecule has 94 valence electrons. The van der Waals surface area contributed by atoms with Crippen molar-refractivity contribution in [3.8, 4) is 0 Å². The van der Waals surface area contributed by atoms with Gasteiger partial charge in [-0.25, -0.2) is 0 Å². The first-order chi connectivity index (χ1) is 7.80. The third-order valence-corrected chi connectivity index (χ3v) is 2.11. The number of rotatable bonds is 3. The molecule has 1 heterocycles. The van der Waals surface area contributed by atoms with E-state index < -0.39 is 11.9 Å². The summed E-state index contributed by atoms with van der Waals surface area (Å²) in [6.07, 6.45) is -3.32. The Morgan fingerprint density at radius 3 is 2.47 bits per heavy atom. The monoisotopic (exact) mass is 246 g/mol. The first kappa shape index (κ1) is 13.5. The summed E-state index contributed by atoms with van der Waals surface area (Å²) in [6, 6.07) is 2.20. The minimum Gasteiger partial charge on any atom is -0.352 e. The van der Waals surface area contributed by atoms with Crippen molar-refractivity contribution < 1.29 is 18.0 Å². The molecule has 1 aromatic rings. The minimum atomic E-state index is -4.43. The Hall–Kier alpha value is -1.59. The van der Waals surface area contributed by atoms with Gasteiger partial charge in [-0.3, -0.25) is 9.78 Å². The van der Waals surface area contributed by atoms with E-state index in [0.717, 1.165) is 12.3 Å². The molecule has 0 aliphatic rings. The van der Waals surface area contributed by atoms with Gasteiger partial charge < -0.3 is 5.32 Å². The first-order valence-electron chi connectivity index (χ1n) is 5.10. The van der Waals surface area contributed by atoms with E-state index in [4.69, 9.17) is 0 Å². The van der Waals surface area contributed by atoms with Crippen molar-refractivity contribution in [2.45, 2.75) is 26.6 Å². The topological polar surface area (TPSA) is 42.0 Å². The van der Waals surface area contributed by atoms with Crippen molar-refractivity contribution in [2.24, 2.45) is 5.92 Å². The Morgan fingerprint density at radius 2 is 2.06 bits per heavy atom. The van der Waals surface area contributed by atoms with E-state index in [-0.39, 0.29) is 18.4 Å². The number of hydrogen-bond acceptors (Lipinski definition) is 2. The zero-order valence-electron chi connectivity index (χ0n) is 9.51. The molecule has 0 fully saturated rings. The maximum Gasteiger partial charge on any atom is 0.433 e. The van der Waals surface area contributed by atoms with Gasteiger partial charge in [0.25, 0.3) is 0 Å². The smallest absolute Gasteiger partial charge is 0.352 e. The summed E-state index contributed by atoms with van der Waals surface area (Å²) in [5, 5.41) is 2.60. The highest BCUT2D eigenvalue weighted by Gasteiger charge is 2.31. The van der Waals surface area contributed by atoms with Crippen LogP contribution >= 0.6 is 0 Å². The molecule has 17 heavy (non-hydrogen) atoms. The van der Waals surface area contributed by atoms with E-state index in [1.54, 1.807) is 13.8 Å².